The van der Waals surface area contributed by atoms with E-state index < -0.39 is 17.0 Å². The fourth-order valence-electron chi connectivity index (χ4n) is 5.51. The minimum absolute atomic E-state index is 0.00604. The zero-order valence-electron chi connectivity index (χ0n) is 20.8. The molecule has 0 bridgehead atoms. The van der Waals surface area contributed by atoms with Gasteiger partial charge in [-0.25, -0.2) is 0 Å². The smallest absolute Gasteiger partial charge is 0.245 e. The Hall–Kier alpha value is -3.65. The van der Waals surface area contributed by atoms with E-state index in [1.54, 1.807) is 18.7 Å². The van der Waals surface area contributed by atoms with Crippen molar-refractivity contribution in [3.05, 3.63) is 65.9 Å². The molecule has 2 aromatic carbocycles. The SMILES string of the molecule is CC(C)(N)C(=O)N[C@H](Cc1c[nH]c2ccccc12)C(=O)N1CCC[C@@]2(CC1)C(=O)Nc1ccccc12. The molecule has 1 saturated heterocycles. The lowest BCUT2D eigenvalue weighted by atomic mass is 9.75. The van der Waals surface area contributed by atoms with Gasteiger partial charge in [0.2, 0.25) is 17.7 Å². The molecular formula is C28H33N5O3. The average Bonchev–Trinajstić information content (AvgIpc) is 3.27. The Kier molecular flexibility index (Phi) is 6.08. The second-order valence-corrected chi connectivity index (χ2v) is 10.6. The summed E-state index contributed by atoms with van der Waals surface area (Å²) in [5.41, 5.74) is 8.11. The normalized spacial score (nSPS) is 20.6. The molecule has 0 radical (unpaired) electrons. The summed E-state index contributed by atoms with van der Waals surface area (Å²) in [6.45, 7) is 4.22. The Morgan fingerprint density at radius 1 is 1.11 bits per heavy atom. The highest BCUT2D eigenvalue weighted by atomic mass is 16.2. The minimum Gasteiger partial charge on any atom is -0.361 e. The molecule has 188 valence electrons. The molecule has 1 fully saturated rings. The number of hydrogen-bond donors (Lipinski definition) is 4. The number of H-pyrrole nitrogens is 1. The van der Waals surface area contributed by atoms with E-state index in [-0.39, 0.29) is 17.7 Å². The summed E-state index contributed by atoms with van der Waals surface area (Å²) in [7, 11) is 0. The molecule has 2 aliphatic heterocycles. The van der Waals surface area contributed by atoms with Crippen molar-refractivity contribution in [1.82, 2.24) is 15.2 Å². The maximum Gasteiger partial charge on any atom is 0.245 e. The standard InChI is InChI=1S/C28H33N5O3/c1-27(2,29)25(35)32-23(16-18-17-30-21-10-5-3-8-19(18)21)24(34)33-14-7-12-28(13-15-33)20-9-4-6-11-22(20)31-26(28)36/h3-6,8-11,17,23,30H,7,12-16,29H2,1-2H3,(H,31,36)(H,32,35)/t23-,28+/m1/s1. The number of hydrogen-bond acceptors (Lipinski definition) is 4. The lowest BCUT2D eigenvalue weighted by Gasteiger charge is -2.30. The first-order chi connectivity index (χ1) is 17.2. The molecule has 1 spiro atoms. The second-order valence-electron chi connectivity index (χ2n) is 10.6. The summed E-state index contributed by atoms with van der Waals surface area (Å²) in [6.07, 6.45) is 4.15. The summed E-state index contributed by atoms with van der Waals surface area (Å²) in [5.74, 6) is -0.524. The number of nitrogens with zero attached hydrogens (tertiary/aromatic N) is 1. The van der Waals surface area contributed by atoms with Gasteiger partial charge in [0, 0.05) is 42.3 Å². The van der Waals surface area contributed by atoms with Crippen LogP contribution in [0.25, 0.3) is 10.9 Å². The number of nitrogens with two attached hydrogens (primary N) is 1. The van der Waals surface area contributed by atoms with Crippen LogP contribution in [0.15, 0.2) is 54.7 Å². The summed E-state index contributed by atoms with van der Waals surface area (Å²) in [5, 5.41) is 6.96. The van der Waals surface area contributed by atoms with Crippen molar-refractivity contribution in [1.29, 1.82) is 0 Å². The Bertz CT molecular complexity index is 1320. The fraction of sp³-hybridized carbons (Fsp3) is 0.393. The highest BCUT2D eigenvalue weighted by molar-refractivity contribution is 6.06. The van der Waals surface area contributed by atoms with Gasteiger partial charge in [0.05, 0.1) is 11.0 Å². The average molecular weight is 488 g/mol. The van der Waals surface area contributed by atoms with Crippen LogP contribution in [0.5, 0.6) is 0 Å². The summed E-state index contributed by atoms with van der Waals surface area (Å²) in [4.78, 5) is 44.8. The number of benzene rings is 2. The zero-order valence-corrected chi connectivity index (χ0v) is 20.8. The molecule has 8 heteroatoms. The Labute approximate surface area is 210 Å². The maximum atomic E-state index is 13.9. The Balaban J connectivity index is 1.39. The second kappa shape index (κ2) is 9.09. The number of aromatic nitrogens is 1. The molecule has 0 aliphatic carbocycles. The van der Waals surface area contributed by atoms with Crippen LogP contribution in [0.4, 0.5) is 5.69 Å². The number of likely N-dealkylation sites (tertiary alicyclic amines) is 1. The quantitative estimate of drug-likeness (QED) is 0.442. The van der Waals surface area contributed by atoms with E-state index in [2.05, 4.69) is 15.6 Å². The number of amides is 3. The Morgan fingerprint density at radius 3 is 2.67 bits per heavy atom. The largest absolute Gasteiger partial charge is 0.361 e. The van der Waals surface area contributed by atoms with Gasteiger partial charge in [-0.2, -0.15) is 0 Å². The number of aromatic amines is 1. The van der Waals surface area contributed by atoms with E-state index in [1.807, 2.05) is 54.7 Å². The number of anilines is 1. The molecule has 2 atom stereocenters. The topological polar surface area (TPSA) is 120 Å². The molecule has 0 unspecified atom stereocenters. The molecule has 2 aliphatic rings. The third kappa shape index (κ3) is 4.26. The van der Waals surface area contributed by atoms with Gasteiger partial charge in [0.25, 0.3) is 0 Å². The molecule has 3 amide bonds. The van der Waals surface area contributed by atoms with Gasteiger partial charge in [0.1, 0.15) is 6.04 Å². The van der Waals surface area contributed by atoms with Gasteiger partial charge in [-0.3, -0.25) is 14.4 Å². The summed E-state index contributed by atoms with van der Waals surface area (Å²) < 4.78 is 0. The first kappa shape index (κ1) is 24.1. The van der Waals surface area contributed by atoms with E-state index in [1.165, 1.54) is 0 Å². The first-order valence-electron chi connectivity index (χ1n) is 12.5. The van der Waals surface area contributed by atoms with E-state index in [0.717, 1.165) is 27.7 Å². The lowest BCUT2D eigenvalue weighted by Crippen LogP contribution is -2.57. The molecule has 0 saturated carbocycles. The number of nitrogens with one attached hydrogen (secondary N) is 3. The molecule has 5 rings (SSSR count). The van der Waals surface area contributed by atoms with Crippen molar-refractivity contribution in [3.63, 3.8) is 0 Å². The van der Waals surface area contributed by atoms with Crippen molar-refractivity contribution >= 4 is 34.3 Å². The molecular weight excluding hydrogens is 454 g/mol. The van der Waals surface area contributed by atoms with Crippen LogP contribution in [0.2, 0.25) is 0 Å². The van der Waals surface area contributed by atoms with Crippen LogP contribution in [0, 0.1) is 0 Å². The van der Waals surface area contributed by atoms with Crippen LogP contribution in [-0.2, 0) is 26.2 Å². The fourth-order valence-corrected chi connectivity index (χ4v) is 5.51. The van der Waals surface area contributed by atoms with Crippen molar-refractivity contribution < 1.29 is 14.4 Å². The molecule has 5 N–H and O–H groups in total. The van der Waals surface area contributed by atoms with Crippen LogP contribution < -0.4 is 16.4 Å². The summed E-state index contributed by atoms with van der Waals surface area (Å²) in [6, 6.07) is 14.9. The monoisotopic (exact) mass is 487 g/mol. The van der Waals surface area contributed by atoms with Gasteiger partial charge in [-0.15, -0.1) is 0 Å². The van der Waals surface area contributed by atoms with Crippen molar-refractivity contribution in [2.75, 3.05) is 18.4 Å². The van der Waals surface area contributed by atoms with E-state index in [4.69, 9.17) is 5.73 Å². The molecule has 3 heterocycles. The van der Waals surface area contributed by atoms with Gasteiger partial charge in [-0.05, 0) is 56.4 Å². The number of carbonyl (C=O) groups is 3. The predicted molar refractivity (Wildman–Crippen MR) is 139 cm³/mol. The summed E-state index contributed by atoms with van der Waals surface area (Å²) >= 11 is 0. The zero-order chi connectivity index (χ0) is 25.5. The van der Waals surface area contributed by atoms with Gasteiger partial charge in [-0.1, -0.05) is 36.4 Å². The van der Waals surface area contributed by atoms with E-state index >= 15 is 0 Å². The highest BCUT2D eigenvalue weighted by Crippen LogP contribution is 2.44. The predicted octanol–water partition coefficient (Wildman–Crippen LogP) is 2.84. The van der Waals surface area contributed by atoms with Crippen molar-refractivity contribution in [2.45, 2.75) is 56.5 Å². The first-order valence-corrected chi connectivity index (χ1v) is 12.5. The van der Waals surface area contributed by atoms with Gasteiger partial charge < -0.3 is 26.3 Å². The van der Waals surface area contributed by atoms with Crippen molar-refractivity contribution in [2.24, 2.45) is 5.73 Å². The molecule has 36 heavy (non-hydrogen) atoms. The number of para-hydroxylation sites is 2. The number of fused-ring (bicyclic) bond motifs is 3. The molecule has 1 aromatic heterocycles. The van der Waals surface area contributed by atoms with Crippen LogP contribution in [0.1, 0.15) is 44.2 Å². The number of rotatable bonds is 5. The molecule has 3 aromatic rings. The van der Waals surface area contributed by atoms with Crippen LogP contribution in [-0.4, -0.2) is 52.3 Å². The van der Waals surface area contributed by atoms with E-state index in [9.17, 15) is 14.4 Å². The highest BCUT2D eigenvalue weighted by Gasteiger charge is 2.47. The minimum atomic E-state index is -1.12. The molecule has 8 nitrogen and oxygen atoms in total. The number of carbonyl (C=O) groups excluding carboxylic acids is 3. The third-order valence-corrected chi connectivity index (χ3v) is 7.56. The van der Waals surface area contributed by atoms with Crippen LogP contribution in [0.3, 0.4) is 0 Å². The third-order valence-electron chi connectivity index (χ3n) is 7.56. The maximum absolute atomic E-state index is 13.9. The van der Waals surface area contributed by atoms with E-state index in [0.29, 0.717) is 38.8 Å². The van der Waals surface area contributed by atoms with Gasteiger partial charge >= 0.3 is 0 Å². The van der Waals surface area contributed by atoms with Gasteiger partial charge in [0.15, 0.2) is 0 Å². The van der Waals surface area contributed by atoms with Crippen LogP contribution >= 0.6 is 0 Å². The lowest BCUT2D eigenvalue weighted by molar-refractivity contribution is -0.137. The van der Waals surface area contributed by atoms with Crippen molar-refractivity contribution in [3.8, 4) is 0 Å². The Morgan fingerprint density at radius 2 is 1.86 bits per heavy atom.